The molecule has 0 aromatic heterocycles. The number of hydrogen-bond acceptors (Lipinski definition) is 2. The molecule has 1 aliphatic carbocycles. The van der Waals surface area contributed by atoms with Gasteiger partial charge in [0, 0.05) is 6.04 Å². The van der Waals surface area contributed by atoms with Crippen molar-refractivity contribution in [2.24, 2.45) is 0 Å². The summed E-state index contributed by atoms with van der Waals surface area (Å²) < 4.78 is 0. The topological polar surface area (TPSA) is 32.3 Å². The fraction of sp³-hybridized carbons (Fsp3) is 0.647. The molecule has 0 amide bonds. The average Bonchev–Trinajstić information content (AvgIpc) is 2.85. The van der Waals surface area contributed by atoms with Crippen molar-refractivity contribution in [3.05, 3.63) is 35.9 Å². The van der Waals surface area contributed by atoms with Gasteiger partial charge in [-0.1, -0.05) is 43.2 Å². The summed E-state index contributed by atoms with van der Waals surface area (Å²) in [7, 11) is 0. The molecule has 1 unspecified atom stereocenters. The molecule has 19 heavy (non-hydrogen) atoms. The molecule has 0 radical (unpaired) electrons. The summed E-state index contributed by atoms with van der Waals surface area (Å²) in [4.78, 5) is 0. The first kappa shape index (κ1) is 14.5. The minimum Gasteiger partial charge on any atom is -0.390 e. The van der Waals surface area contributed by atoms with Gasteiger partial charge in [-0.05, 0) is 51.1 Å². The highest BCUT2D eigenvalue weighted by Crippen LogP contribution is 2.31. The van der Waals surface area contributed by atoms with Crippen molar-refractivity contribution in [3.8, 4) is 0 Å². The second kappa shape index (κ2) is 7.06. The van der Waals surface area contributed by atoms with Gasteiger partial charge in [-0.15, -0.1) is 0 Å². The molecule has 1 atom stereocenters. The predicted molar refractivity (Wildman–Crippen MR) is 80.3 cm³/mol. The van der Waals surface area contributed by atoms with Crippen LogP contribution in [0.3, 0.4) is 0 Å². The molecular weight excluding hydrogens is 234 g/mol. The average molecular weight is 261 g/mol. The van der Waals surface area contributed by atoms with Gasteiger partial charge >= 0.3 is 0 Å². The lowest BCUT2D eigenvalue weighted by molar-refractivity contribution is 0.0385. The number of benzene rings is 1. The van der Waals surface area contributed by atoms with Crippen LogP contribution in [0.1, 0.15) is 51.0 Å². The van der Waals surface area contributed by atoms with Crippen molar-refractivity contribution < 1.29 is 5.11 Å². The molecule has 0 heterocycles. The Kier molecular flexibility index (Phi) is 5.41. The quantitative estimate of drug-likeness (QED) is 0.789. The van der Waals surface area contributed by atoms with Crippen molar-refractivity contribution in [1.29, 1.82) is 0 Å². The standard InChI is InChI=1S/C17H27NO/c1-15(9-10-16-7-3-2-4-8-16)18-14-13-17(19)11-5-6-12-17/h2-4,7-8,15,18-19H,5-6,9-14H2,1H3. The number of nitrogens with one attached hydrogen (secondary N) is 1. The normalized spacial score (nSPS) is 19.5. The van der Waals surface area contributed by atoms with Crippen LogP contribution in [-0.2, 0) is 6.42 Å². The smallest absolute Gasteiger partial charge is 0.0659 e. The molecule has 0 bridgehead atoms. The molecule has 2 N–H and O–H groups in total. The van der Waals surface area contributed by atoms with Crippen molar-refractivity contribution >= 4 is 0 Å². The van der Waals surface area contributed by atoms with Crippen LogP contribution in [0.25, 0.3) is 0 Å². The third kappa shape index (κ3) is 4.96. The second-order valence-corrected chi connectivity index (χ2v) is 6.06. The Labute approximate surface area is 117 Å². The van der Waals surface area contributed by atoms with Gasteiger partial charge in [-0.2, -0.15) is 0 Å². The van der Waals surface area contributed by atoms with Gasteiger partial charge in [0.2, 0.25) is 0 Å². The summed E-state index contributed by atoms with van der Waals surface area (Å²) in [5.41, 5.74) is 1.04. The summed E-state index contributed by atoms with van der Waals surface area (Å²) >= 11 is 0. The first-order valence-electron chi connectivity index (χ1n) is 7.68. The van der Waals surface area contributed by atoms with E-state index in [4.69, 9.17) is 0 Å². The summed E-state index contributed by atoms with van der Waals surface area (Å²) in [6, 6.07) is 11.2. The van der Waals surface area contributed by atoms with Crippen molar-refractivity contribution in [2.75, 3.05) is 6.54 Å². The van der Waals surface area contributed by atoms with Gasteiger partial charge in [-0.25, -0.2) is 0 Å². The van der Waals surface area contributed by atoms with E-state index < -0.39 is 0 Å². The maximum atomic E-state index is 10.3. The van der Waals surface area contributed by atoms with Gasteiger partial charge in [0.25, 0.3) is 0 Å². The number of aryl methyl sites for hydroxylation is 1. The van der Waals surface area contributed by atoms with E-state index in [2.05, 4.69) is 42.6 Å². The third-order valence-corrected chi connectivity index (χ3v) is 4.33. The number of rotatable bonds is 7. The Balaban J connectivity index is 1.61. The highest BCUT2D eigenvalue weighted by atomic mass is 16.3. The Bertz CT molecular complexity index is 357. The molecule has 0 aliphatic heterocycles. The Morgan fingerprint density at radius 2 is 1.89 bits per heavy atom. The van der Waals surface area contributed by atoms with Crippen LogP contribution in [0.4, 0.5) is 0 Å². The van der Waals surface area contributed by atoms with Crippen molar-refractivity contribution in [1.82, 2.24) is 5.32 Å². The molecule has 2 heteroatoms. The van der Waals surface area contributed by atoms with Crippen molar-refractivity contribution in [3.63, 3.8) is 0 Å². The number of aliphatic hydroxyl groups is 1. The summed E-state index contributed by atoms with van der Waals surface area (Å²) in [5.74, 6) is 0. The Morgan fingerprint density at radius 3 is 2.58 bits per heavy atom. The van der Waals surface area contributed by atoms with Gasteiger partial charge in [0.1, 0.15) is 0 Å². The zero-order chi connectivity index (χ0) is 13.6. The zero-order valence-electron chi connectivity index (χ0n) is 12.1. The maximum absolute atomic E-state index is 10.3. The van der Waals surface area contributed by atoms with Gasteiger partial charge in [0.15, 0.2) is 0 Å². The van der Waals surface area contributed by atoms with E-state index >= 15 is 0 Å². The molecule has 0 saturated heterocycles. The van der Waals surface area contributed by atoms with Gasteiger partial charge in [-0.3, -0.25) is 0 Å². The van der Waals surface area contributed by atoms with E-state index in [9.17, 15) is 5.11 Å². The van der Waals surface area contributed by atoms with E-state index in [-0.39, 0.29) is 5.60 Å². The fourth-order valence-electron chi connectivity index (χ4n) is 2.96. The molecule has 106 valence electrons. The predicted octanol–water partition coefficient (Wildman–Crippen LogP) is 3.29. The highest BCUT2D eigenvalue weighted by molar-refractivity contribution is 5.14. The van der Waals surface area contributed by atoms with E-state index in [1.807, 2.05) is 0 Å². The monoisotopic (exact) mass is 261 g/mol. The third-order valence-electron chi connectivity index (χ3n) is 4.33. The van der Waals surface area contributed by atoms with Gasteiger partial charge in [0.05, 0.1) is 5.60 Å². The molecule has 2 rings (SSSR count). The van der Waals surface area contributed by atoms with Crippen LogP contribution in [0.2, 0.25) is 0 Å². The van der Waals surface area contributed by atoms with Crippen LogP contribution in [0.5, 0.6) is 0 Å². The molecule has 1 aliphatic rings. The van der Waals surface area contributed by atoms with Crippen LogP contribution < -0.4 is 5.32 Å². The number of hydrogen-bond donors (Lipinski definition) is 2. The van der Waals surface area contributed by atoms with E-state index in [0.29, 0.717) is 6.04 Å². The van der Waals surface area contributed by atoms with Gasteiger partial charge < -0.3 is 10.4 Å². The largest absolute Gasteiger partial charge is 0.390 e. The van der Waals surface area contributed by atoms with E-state index in [0.717, 1.165) is 38.6 Å². The minimum atomic E-state index is -0.369. The fourth-order valence-corrected chi connectivity index (χ4v) is 2.96. The van der Waals surface area contributed by atoms with Crippen LogP contribution in [0, 0.1) is 0 Å². The summed E-state index contributed by atoms with van der Waals surface area (Å²) in [6.07, 6.45) is 7.56. The molecule has 2 nitrogen and oxygen atoms in total. The second-order valence-electron chi connectivity index (χ2n) is 6.06. The molecule has 1 aromatic rings. The van der Waals surface area contributed by atoms with E-state index in [1.165, 1.54) is 18.4 Å². The van der Waals surface area contributed by atoms with Crippen LogP contribution >= 0.6 is 0 Å². The molecule has 1 aromatic carbocycles. The zero-order valence-corrected chi connectivity index (χ0v) is 12.1. The summed E-state index contributed by atoms with van der Waals surface area (Å²) in [6.45, 7) is 3.17. The Hall–Kier alpha value is -0.860. The van der Waals surface area contributed by atoms with Crippen LogP contribution in [-0.4, -0.2) is 23.3 Å². The lowest BCUT2D eigenvalue weighted by atomic mass is 9.98. The molecule has 1 fully saturated rings. The molecular formula is C17H27NO. The highest BCUT2D eigenvalue weighted by Gasteiger charge is 2.30. The first-order chi connectivity index (χ1) is 9.18. The summed E-state index contributed by atoms with van der Waals surface area (Å²) in [5, 5.41) is 13.8. The first-order valence-corrected chi connectivity index (χ1v) is 7.68. The van der Waals surface area contributed by atoms with Crippen molar-refractivity contribution in [2.45, 2.75) is 63.5 Å². The minimum absolute atomic E-state index is 0.369. The lowest BCUT2D eigenvalue weighted by Crippen LogP contribution is -2.34. The Morgan fingerprint density at radius 1 is 1.21 bits per heavy atom. The lowest BCUT2D eigenvalue weighted by Gasteiger charge is -2.23. The SMILES string of the molecule is CC(CCc1ccccc1)NCCC1(O)CCCC1. The maximum Gasteiger partial charge on any atom is 0.0659 e. The van der Waals surface area contributed by atoms with E-state index in [1.54, 1.807) is 0 Å². The molecule has 1 saturated carbocycles. The van der Waals surface area contributed by atoms with Crippen LogP contribution in [0.15, 0.2) is 30.3 Å². The molecule has 0 spiro atoms.